The van der Waals surface area contributed by atoms with Crippen LogP contribution in [0.1, 0.15) is 48.9 Å². The number of nitrogens with zero attached hydrogens (tertiary/aromatic N) is 3. The monoisotopic (exact) mass is 471 g/mol. The molecule has 3 aliphatic rings. The molecule has 0 radical (unpaired) electrons. The Morgan fingerprint density at radius 3 is 2.35 bits per heavy atom. The molecule has 4 rings (SSSR count). The lowest BCUT2D eigenvalue weighted by Gasteiger charge is -2.37. The van der Waals surface area contributed by atoms with E-state index in [1.807, 2.05) is 4.90 Å². The number of ether oxygens (including phenoxy) is 1. The third-order valence-electron chi connectivity index (χ3n) is 7.49. The van der Waals surface area contributed by atoms with Gasteiger partial charge in [-0.25, -0.2) is 4.79 Å². The van der Waals surface area contributed by atoms with Crippen molar-refractivity contribution in [2.75, 3.05) is 57.8 Å². The number of carbonyl (C=O) groups excluding carboxylic acids is 3. The fraction of sp³-hybridized carbons (Fsp3) is 0.640. The molecular formula is C25H37N5O4. The van der Waals surface area contributed by atoms with Gasteiger partial charge in [0.25, 0.3) is 5.91 Å². The van der Waals surface area contributed by atoms with E-state index in [1.165, 1.54) is 31.3 Å². The Hall–Kier alpha value is -2.65. The Labute approximate surface area is 201 Å². The van der Waals surface area contributed by atoms with Crippen molar-refractivity contribution >= 4 is 23.5 Å². The first-order chi connectivity index (χ1) is 16.5. The van der Waals surface area contributed by atoms with Crippen LogP contribution in [0.4, 0.5) is 10.5 Å². The number of imide groups is 1. The van der Waals surface area contributed by atoms with Crippen LogP contribution >= 0.6 is 0 Å². The number of rotatable bonds is 7. The highest BCUT2D eigenvalue weighted by atomic mass is 16.5. The highest BCUT2D eigenvalue weighted by molar-refractivity contribution is 6.07. The number of benzene rings is 1. The second kappa shape index (κ2) is 11.2. The van der Waals surface area contributed by atoms with Crippen molar-refractivity contribution in [3.05, 3.63) is 23.8 Å². The van der Waals surface area contributed by atoms with E-state index in [4.69, 9.17) is 10.5 Å². The van der Waals surface area contributed by atoms with Gasteiger partial charge in [0.05, 0.1) is 12.8 Å². The fourth-order valence-electron chi connectivity index (χ4n) is 5.48. The van der Waals surface area contributed by atoms with E-state index in [1.54, 1.807) is 18.2 Å². The van der Waals surface area contributed by atoms with E-state index in [0.29, 0.717) is 22.9 Å². The Kier molecular flexibility index (Phi) is 8.05. The third kappa shape index (κ3) is 5.70. The summed E-state index contributed by atoms with van der Waals surface area (Å²) in [4.78, 5) is 43.0. The fourth-order valence-corrected chi connectivity index (χ4v) is 5.48. The van der Waals surface area contributed by atoms with Gasteiger partial charge >= 0.3 is 6.03 Å². The average molecular weight is 472 g/mol. The lowest BCUT2D eigenvalue weighted by Crippen LogP contribution is -2.49. The van der Waals surface area contributed by atoms with Gasteiger partial charge in [-0.2, -0.15) is 0 Å². The van der Waals surface area contributed by atoms with Crippen LogP contribution in [0.15, 0.2) is 18.2 Å². The van der Waals surface area contributed by atoms with E-state index >= 15 is 0 Å². The van der Waals surface area contributed by atoms with Gasteiger partial charge in [0.2, 0.25) is 5.91 Å². The molecule has 3 saturated heterocycles. The van der Waals surface area contributed by atoms with Crippen LogP contribution in [-0.4, -0.2) is 80.6 Å². The first-order valence-corrected chi connectivity index (χ1v) is 12.5. The SMILES string of the molecule is COc1ccc(C(=O)N2CCC(CC3CCN(CCN)CC3)CC2)cc1N1CCC(=O)NC1=O. The molecular weight excluding hydrogens is 434 g/mol. The molecule has 0 atom stereocenters. The number of carbonyl (C=O) groups is 3. The maximum atomic E-state index is 13.3. The summed E-state index contributed by atoms with van der Waals surface area (Å²) in [5.41, 5.74) is 6.72. The van der Waals surface area contributed by atoms with E-state index in [0.717, 1.165) is 58.0 Å². The normalized spacial score (nSPS) is 21.0. The van der Waals surface area contributed by atoms with Crippen molar-refractivity contribution in [2.24, 2.45) is 17.6 Å². The number of nitrogens with two attached hydrogens (primary N) is 1. The summed E-state index contributed by atoms with van der Waals surface area (Å²) >= 11 is 0. The van der Waals surface area contributed by atoms with Gasteiger partial charge in [-0.15, -0.1) is 0 Å². The van der Waals surface area contributed by atoms with E-state index in [-0.39, 0.29) is 24.8 Å². The number of urea groups is 1. The van der Waals surface area contributed by atoms with Gasteiger partial charge in [0, 0.05) is 44.7 Å². The average Bonchev–Trinajstić information content (AvgIpc) is 2.85. The number of nitrogens with one attached hydrogen (secondary N) is 1. The maximum absolute atomic E-state index is 13.3. The Balaban J connectivity index is 1.33. The van der Waals surface area contributed by atoms with Crippen LogP contribution < -0.4 is 20.7 Å². The largest absolute Gasteiger partial charge is 0.495 e. The molecule has 3 aliphatic heterocycles. The smallest absolute Gasteiger partial charge is 0.328 e. The van der Waals surface area contributed by atoms with Crippen LogP contribution in [-0.2, 0) is 4.79 Å². The predicted octanol–water partition coefficient (Wildman–Crippen LogP) is 2.05. The van der Waals surface area contributed by atoms with Gasteiger partial charge in [0.15, 0.2) is 0 Å². The lowest BCUT2D eigenvalue weighted by atomic mass is 9.82. The molecule has 0 bridgehead atoms. The van der Waals surface area contributed by atoms with Crippen LogP contribution in [0.2, 0.25) is 0 Å². The molecule has 0 spiro atoms. The minimum Gasteiger partial charge on any atom is -0.495 e. The van der Waals surface area contributed by atoms with Gasteiger partial charge in [-0.3, -0.25) is 19.8 Å². The number of hydrogen-bond acceptors (Lipinski definition) is 6. The van der Waals surface area contributed by atoms with Crippen molar-refractivity contribution < 1.29 is 19.1 Å². The summed E-state index contributed by atoms with van der Waals surface area (Å²) in [6, 6.07) is 4.68. The molecule has 3 heterocycles. The molecule has 4 amide bonds. The van der Waals surface area contributed by atoms with Gasteiger partial charge in [0.1, 0.15) is 5.75 Å². The molecule has 186 valence electrons. The number of piperidine rings is 2. The van der Waals surface area contributed by atoms with E-state index in [9.17, 15) is 14.4 Å². The first-order valence-electron chi connectivity index (χ1n) is 12.5. The van der Waals surface area contributed by atoms with E-state index in [2.05, 4.69) is 10.2 Å². The minimum atomic E-state index is -0.492. The number of methoxy groups -OCH3 is 1. The topological polar surface area (TPSA) is 108 Å². The number of anilines is 1. The Morgan fingerprint density at radius 1 is 1.06 bits per heavy atom. The van der Waals surface area contributed by atoms with Crippen molar-refractivity contribution in [1.29, 1.82) is 0 Å². The molecule has 0 aromatic heterocycles. The quantitative estimate of drug-likeness (QED) is 0.630. The lowest BCUT2D eigenvalue weighted by molar-refractivity contribution is -0.120. The summed E-state index contributed by atoms with van der Waals surface area (Å²) < 4.78 is 5.42. The molecule has 3 N–H and O–H groups in total. The summed E-state index contributed by atoms with van der Waals surface area (Å²) in [6.45, 7) is 5.82. The molecule has 1 aromatic carbocycles. The highest BCUT2D eigenvalue weighted by Crippen LogP contribution is 2.33. The Bertz CT molecular complexity index is 891. The zero-order valence-electron chi connectivity index (χ0n) is 20.1. The van der Waals surface area contributed by atoms with Gasteiger partial charge < -0.3 is 20.3 Å². The molecule has 0 aliphatic carbocycles. The van der Waals surface area contributed by atoms with Crippen LogP contribution in [0, 0.1) is 11.8 Å². The highest BCUT2D eigenvalue weighted by Gasteiger charge is 2.30. The number of likely N-dealkylation sites (tertiary alicyclic amines) is 2. The van der Waals surface area contributed by atoms with Crippen LogP contribution in [0.5, 0.6) is 5.75 Å². The van der Waals surface area contributed by atoms with Crippen molar-refractivity contribution in [3.63, 3.8) is 0 Å². The second-order valence-electron chi connectivity index (χ2n) is 9.69. The maximum Gasteiger partial charge on any atom is 0.328 e. The zero-order chi connectivity index (χ0) is 24.1. The molecule has 1 aromatic rings. The van der Waals surface area contributed by atoms with Crippen molar-refractivity contribution in [2.45, 2.75) is 38.5 Å². The summed E-state index contributed by atoms with van der Waals surface area (Å²) in [7, 11) is 1.53. The summed E-state index contributed by atoms with van der Waals surface area (Å²) in [5, 5.41) is 2.33. The molecule has 9 nitrogen and oxygen atoms in total. The molecule has 9 heteroatoms. The predicted molar refractivity (Wildman–Crippen MR) is 130 cm³/mol. The van der Waals surface area contributed by atoms with E-state index < -0.39 is 6.03 Å². The summed E-state index contributed by atoms with van der Waals surface area (Å²) in [6.07, 6.45) is 6.05. The number of hydrogen-bond donors (Lipinski definition) is 2. The van der Waals surface area contributed by atoms with Crippen LogP contribution in [0.25, 0.3) is 0 Å². The molecule has 0 unspecified atom stereocenters. The summed E-state index contributed by atoms with van der Waals surface area (Å²) in [5.74, 6) is 1.64. The molecule has 34 heavy (non-hydrogen) atoms. The van der Waals surface area contributed by atoms with Crippen molar-refractivity contribution in [3.8, 4) is 5.75 Å². The first kappa shape index (κ1) is 24.5. The van der Waals surface area contributed by atoms with Gasteiger partial charge in [-0.1, -0.05) is 0 Å². The molecule has 0 saturated carbocycles. The molecule has 3 fully saturated rings. The zero-order valence-corrected chi connectivity index (χ0v) is 20.1. The second-order valence-corrected chi connectivity index (χ2v) is 9.69. The minimum absolute atomic E-state index is 0.0223. The standard InChI is InChI=1S/C25H37N5O4/c1-34-22-3-2-20(17-21(22)30-14-8-23(31)27-25(30)33)24(32)29-12-6-19(7-13-29)16-18-4-10-28(11-5-18)15-9-26/h2-3,17-19H,4-16,26H2,1H3,(H,27,31,33). The van der Waals surface area contributed by atoms with Gasteiger partial charge in [-0.05, 0) is 75.2 Å². The Morgan fingerprint density at radius 2 is 1.74 bits per heavy atom. The third-order valence-corrected chi connectivity index (χ3v) is 7.49. The van der Waals surface area contributed by atoms with Crippen molar-refractivity contribution in [1.82, 2.24) is 15.1 Å². The van der Waals surface area contributed by atoms with Crippen LogP contribution in [0.3, 0.4) is 0 Å². The number of amides is 4.